The molecule has 3 atom stereocenters. The van der Waals surface area contributed by atoms with Crippen molar-refractivity contribution in [3.63, 3.8) is 0 Å². The van der Waals surface area contributed by atoms with Gasteiger partial charge in [0.25, 0.3) is 5.91 Å². The Morgan fingerprint density at radius 3 is 2.26 bits per heavy atom. The van der Waals surface area contributed by atoms with E-state index in [1.54, 1.807) is 0 Å². The van der Waals surface area contributed by atoms with E-state index in [1.165, 1.54) is 5.56 Å². The number of fused-ring (bicyclic) bond motifs is 3. The third-order valence-corrected chi connectivity index (χ3v) is 6.88. The number of benzene rings is 3. The molecule has 0 bridgehead atoms. The second kappa shape index (κ2) is 6.17. The summed E-state index contributed by atoms with van der Waals surface area (Å²) in [6.07, 6.45) is -0.488. The van der Waals surface area contributed by atoms with E-state index in [0.29, 0.717) is 0 Å². The summed E-state index contributed by atoms with van der Waals surface area (Å²) in [7, 11) is 0. The topological polar surface area (TPSA) is 29.5 Å². The molecule has 0 unspecified atom stereocenters. The molecule has 2 heterocycles. The minimum absolute atomic E-state index is 0.0266. The standard InChI is InChI=1S/C23H19NO2S/c1-23(16-10-4-2-5-11-16)21-20(26-17-12-6-3-7-13-17)22(25)24(21)18-14-8-9-15-19(18)27-23/h2-15,20-21H,1H3/t20-,21+,23+/m0/s1. The average Bonchev–Trinajstić information content (AvgIpc) is 2.72. The summed E-state index contributed by atoms with van der Waals surface area (Å²) in [5.74, 6) is 0.758. The van der Waals surface area contributed by atoms with E-state index in [-0.39, 0.29) is 16.7 Å². The van der Waals surface area contributed by atoms with Crippen molar-refractivity contribution in [3.05, 3.63) is 90.5 Å². The lowest BCUT2D eigenvalue weighted by Crippen LogP contribution is -2.74. The van der Waals surface area contributed by atoms with Gasteiger partial charge in [-0.1, -0.05) is 60.7 Å². The fraction of sp³-hybridized carbons (Fsp3) is 0.174. The van der Waals surface area contributed by atoms with Gasteiger partial charge >= 0.3 is 0 Å². The van der Waals surface area contributed by atoms with Crippen molar-refractivity contribution < 1.29 is 9.53 Å². The number of hydrogen-bond acceptors (Lipinski definition) is 3. The number of anilines is 1. The maximum atomic E-state index is 13.1. The lowest BCUT2D eigenvalue weighted by atomic mass is 9.80. The number of thioether (sulfide) groups is 1. The Morgan fingerprint density at radius 2 is 1.52 bits per heavy atom. The summed E-state index contributed by atoms with van der Waals surface area (Å²) in [6.45, 7) is 2.22. The summed E-state index contributed by atoms with van der Waals surface area (Å²) in [4.78, 5) is 16.1. The highest BCUT2D eigenvalue weighted by atomic mass is 32.2. The molecule has 5 rings (SSSR count). The number of carbonyl (C=O) groups excluding carboxylic acids is 1. The van der Waals surface area contributed by atoms with Crippen LogP contribution in [0.2, 0.25) is 0 Å². The molecule has 1 fully saturated rings. The van der Waals surface area contributed by atoms with Gasteiger partial charge in [0.1, 0.15) is 11.8 Å². The van der Waals surface area contributed by atoms with Crippen LogP contribution in [-0.4, -0.2) is 18.1 Å². The van der Waals surface area contributed by atoms with E-state index in [0.717, 1.165) is 16.3 Å². The Hall–Kier alpha value is -2.72. The minimum Gasteiger partial charge on any atom is -0.478 e. The van der Waals surface area contributed by atoms with Gasteiger partial charge in [-0.15, -0.1) is 11.8 Å². The summed E-state index contributed by atoms with van der Waals surface area (Å²) in [5.41, 5.74) is 2.19. The highest BCUT2D eigenvalue weighted by molar-refractivity contribution is 8.00. The fourth-order valence-corrected chi connectivity index (χ4v) is 5.53. The van der Waals surface area contributed by atoms with Gasteiger partial charge in [-0.05, 0) is 36.8 Å². The first kappa shape index (κ1) is 16.5. The van der Waals surface area contributed by atoms with E-state index in [4.69, 9.17) is 4.74 Å². The molecule has 3 nitrogen and oxygen atoms in total. The zero-order valence-corrected chi connectivity index (χ0v) is 15.7. The number of amides is 1. The van der Waals surface area contributed by atoms with E-state index in [1.807, 2.05) is 71.3 Å². The van der Waals surface area contributed by atoms with Gasteiger partial charge in [0.15, 0.2) is 6.10 Å². The maximum Gasteiger partial charge on any atom is 0.270 e. The van der Waals surface area contributed by atoms with Gasteiger partial charge in [-0.3, -0.25) is 9.69 Å². The van der Waals surface area contributed by atoms with Crippen molar-refractivity contribution in [2.45, 2.75) is 28.7 Å². The third-order valence-electron chi connectivity index (χ3n) is 5.41. The van der Waals surface area contributed by atoms with E-state index in [2.05, 4.69) is 37.3 Å². The van der Waals surface area contributed by atoms with Crippen molar-refractivity contribution >= 4 is 23.4 Å². The number of rotatable bonds is 3. The van der Waals surface area contributed by atoms with Gasteiger partial charge in [0, 0.05) is 4.90 Å². The molecule has 27 heavy (non-hydrogen) atoms. The molecule has 0 aliphatic carbocycles. The highest BCUT2D eigenvalue weighted by Gasteiger charge is 2.62. The molecule has 0 spiro atoms. The fourth-order valence-electron chi connectivity index (χ4n) is 4.06. The third kappa shape index (κ3) is 2.47. The first-order chi connectivity index (χ1) is 13.2. The number of hydrogen-bond donors (Lipinski definition) is 0. The van der Waals surface area contributed by atoms with Crippen LogP contribution in [0, 0.1) is 0 Å². The minimum atomic E-state index is -0.488. The molecular formula is C23H19NO2S. The lowest BCUT2D eigenvalue weighted by Gasteiger charge is -2.57. The first-order valence-corrected chi connectivity index (χ1v) is 9.88. The zero-order chi connectivity index (χ0) is 18.4. The van der Waals surface area contributed by atoms with Crippen molar-refractivity contribution in [1.82, 2.24) is 0 Å². The van der Waals surface area contributed by atoms with Crippen LogP contribution in [0.5, 0.6) is 5.75 Å². The van der Waals surface area contributed by atoms with Crippen molar-refractivity contribution in [2.24, 2.45) is 0 Å². The van der Waals surface area contributed by atoms with Crippen molar-refractivity contribution in [2.75, 3.05) is 4.90 Å². The van der Waals surface area contributed by atoms with Gasteiger partial charge in [0.05, 0.1) is 10.4 Å². The van der Waals surface area contributed by atoms with Crippen LogP contribution < -0.4 is 9.64 Å². The smallest absolute Gasteiger partial charge is 0.270 e. The molecule has 1 saturated heterocycles. The summed E-state index contributed by atoms with van der Waals surface area (Å²) in [5, 5.41) is 0. The van der Waals surface area contributed by atoms with Crippen LogP contribution in [-0.2, 0) is 9.54 Å². The molecule has 4 heteroatoms. The second-order valence-electron chi connectivity index (χ2n) is 7.05. The number of ether oxygens (including phenoxy) is 1. The van der Waals surface area contributed by atoms with Crippen LogP contribution in [0.25, 0.3) is 0 Å². The van der Waals surface area contributed by atoms with E-state index >= 15 is 0 Å². The summed E-state index contributed by atoms with van der Waals surface area (Å²) in [6, 6.07) is 28.1. The predicted molar refractivity (Wildman–Crippen MR) is 108 cm³/mol. The van der Waals surface area contributed by atoms with Crippen LogP contribution >= 0.6 is 11.8 Å². The monoisotopic (exact) mass is 373 g/mol. The molecule has 0 radical (unpaired) electrons. The van der Waals surface area contributed by atoms with Gasteiger partial charge < -0.3 is 4.74 Å². The summed E-state index contributed by atoms with van der Waals surface area (Å²) >= 11 is 1.82. The Bertz CT molecular complexity index is 992. The van der Waals surface area contributed by atoms with Crippen LogP contribution in [0.4, 0.5) is 5.69 Å². The molecule has 3 aromatic carbocycles. The molecule has 0 N–H and O–H groups in total. The van der Waals surface area contributed by atoms with E-state index in [9.17, 15) is 4.79 Å². The number of carbonyl (C=O) groups is 1. The molecule has 2 aliphatic rings. The Balaban J connectivity index is 1.60. The number of para-hydroxylation sites is 2. The maximum absolute atomic E-state index is 13.1. The van der Waals surface area contributed by atoms with Gasteiger partial charge in [0.2, 0.25) is 0 Å². The van der Waals surface area contributed by atoms with Crippen LogP contribution in [0.15, 0.2) is 89.8 Å². The summed E-state index contributed by atoms with van der Waals surface area (Å²) < 4.78 is 5.87. The highest BCUT2D eigenvalue weighted by Crippen LogP contribution is 2.57. The molecule has 134 valence electrons. The van der Waals surface area contributed by atoms with Crippen LogP contribution in [0.1, 0.15) is 12.5 Å². The Morgan fingerprint density at radius 1 is 0.889 bits per heavy atom. The van der Waals surface area contributed by atoms with Crippen molar-refractivity contribution in [1.29, 1.82) is 0 Å². The van der Waals surface area contributed by atoms with Gasteiger partial charge in [-0.25, -0.2) is 0 Å². The van der Waals surface area contributed by atoms with Crippen molar-refractivity contribution in [3.8, 4) is 5.75 Å². The molecule has 3 aromatic rings. The quantitative estimate of drug-likeness (QED) is 0.614. The van der Waals surface area contributed by atoms with E-state index < -0.39 is 6.10 Å². The molecular weight excluding hydrogens is 354 g/mol. The Labute approximate surface area is 163 Å². The average molecular weight is 373 g/mol. The SMILES string of the molecule is C[C@]1(c2ccccc2)Sc2ccccc2N2C(=O)[C@@H](Oc3ccccc3)[C@@H]21. The van der Waals surface area contributed by atoms with Crippen LogP contribution in [0.3, 0.4) is 0 Å². The first-order valence-electron chi connectivity index (χ1n) is 9.07. The number of β-lactam (4-membered cyclic amide) rings is 1. The largest absolute Gasteiger partial charge is 0.478 e. The number of nitrogens with zero attached hydrogens (tertiary/aromatic N) is 1. The molecule has 0 aromatic heterocycles. The van der Waals surface area contributed by atoms with Gasteiger partial charge in [-0.2, -0.15) is 0 Å². The normalized spacial score (nSPS) is 26.0. The lowest BCUT2D eigenvalue weighted by molar-refractivity contribution is -0.136. The molecule has 2 aliphatic heterocycles. The zero-order valence-electron chi connectivity index (χ0n) is 14.9. The predicted octanol–water partition coefficient (Wildman–Crippen LogP) is 4.87. The molecule has 0 saturated carbocycles. The second-order valence-corrected chi connectivity index (χ2v) is 8.54. The Kier molecular flexibility index (Phi) is 3.76. The molecule has 1 amide bonds.